The zero-order chi connectivity index (χ0) is 24.1. The van der Waals surface area contributed by atoms with Gasteiger partial charge in [-0.25, -0.2) is 0 Å². The molecule has 180 valence electrons. The molecule has 0 bridgehead atoms. The molecule has 0 spiro atoms. The number of amides is 1. The minimum atomic E-state index is -0.114. The van der Waals surface area contributed by atoms with Crippen LogP contribution in [-0.4, -0.2) is 67.0 Å². The van der Waals surface area contributed by atoms with Crippen LogP contribution in [0, 0.1) is 6.92 Å². The number of hydrogen-bond acceptors (Lipinski definition) is 5. The topological polar surface area (TPSA) is 62.6 Å². The molecule has 1 aromatic heterocycles. The van der Waals surface area contributed by atoms with Gasteiger partial charge in [-0.2, -0.15) is 5.10 Å². The number of methoxy groups -OCH3 is 1. The maximum Gasteiger partial charge on any atom is 0.252 e. The van der Waals surface area contributed by atoms with Gasteiger partial charge in [-0.3, -0.25) is 14.4 Å². The Morgan fingerprint density at radius 3 is 2.62 bits per heavy atom. The SMILES string of the molecule is COCCN1CCN(c2ccc(C)c(C(=O)NC(C)c3cccc(-c4cnn(C)c4)c3)c2)CC1. The summed E-state index contributed by atoms with van der Waals surface area (Å²) in [6.45, 7) is 9.65. The Kier molecular flexibility index (Phi) is 7.65. The number of hydrogen-bond donors (Lipinski definition) is 1. The number of carbonyl (C=O) groups is 1. The third-order valence-electron chi connectivity index (χ3n) is 6.59. The summed E-state index contributed by atoms with van der Waals surface area (Å²) >= 11 is 0. The maximum absolute atomic E-state index is 13.2. The van der Waals surface area contributed by atoms with E-state index in [-0.39, 0.29) is 11.9 Å². The van der Waals surface area contributed by atoms with Gasteiger partial charge in [-0.15, -0.1) is 0 Å². The number of nitrogens with zero attached hydrogens (tertiary/aromatic N) is 4. The Bertz CT molecular complexity index is 1120. The Balaban J connectivity index is 1.43. The molecule has 3 aromatic rings. The lowest BCUT2D eigenvalue weighted by atomic mass is 10.0. The van der Waals surface area contributed by atoms with Gasteiger partial charge >= 0.3 is 0 Å². The van der Waals surface area contributed by atoms with Crippen molar-refractivity contribution in [3.05, 3.63) is 71.5 Å². The fraction of sp³-hybridized carbons (Fsp3) is 0.407. The lowest BCUT2D eigenvalue weighted by Crippen LogP contribution is -2.47. The summed E-state index contributed by atoms with van der Waals surface area (Å²) in [4.78, 5) is 18.0. The zero-order valence-corrected chi connectivity index (χ0v) is 20.6. The molecule has 1 atom stereocenters. The molecule has 34 heavy (non-hydrogen) atoms. The van der Waals surface area contributed by atoms with Gasteiger partial charge in [0.25, 0.3) is 5.91 Å². The van der Waals surface area contributed by atoms with Crippen molar-refractivity contribution in [1.82, 2.24) is 20.0 Å². The van der Waals surface area contributed by atoms with E-state index in [1.807, 2.05) is 45.4 Å². The first kappa shape index (κ1) is 24.0. The predicted octanol–water partition coefficient (Wildman–Crippen LogP) is 3.65. The molecule has 1 fully saturated rings. The van der Waals surface area contributed by atoms with Crippen LogP contribution in [0.2, 0.25) is 0 Å². The van der Waals surface area contributed by atoms with Crippen LogP contribution in [0.3, 0.4) is 0 Å². The standard InChI is InChI=1S/C27H35N5O2/c1-20-8-9-25(32-12-10-31(11-13-32)14-15-34-4)17-26(20)27(33)29-21(2)22-6-5-7-23(16-22)24-18-28-30(3)19-24/h5-9,16-19,21H,10-15H2,1-4H3,(H,29,33). The smallest absolute Gasteiger partial charge is 0.252 e. The minimum absolute atomic E-state index is 0.0441. The van der Waals surface area contributed by atoms with Crippen molar-refractivity contribution in [2.75, 3.05) is 51.3 Å². The Labute approximate surface area is 202 Å². The molecule has 1 aliphatic heterocycles. The van der Waals surface area contributed by atoms with Crippen molar-refractivity contribution in [2.24, 2.45) is 7.05 Å². The monoisotopic (exact) mass is 461 g/mol. The number of aryl methyl sites for hydroxylation is 2. The van der Waals surface area contributed by atoms with Gasteiger partial charge in [-0.05, 0) is 48.7 Å². The highest BCUT2D eigenvalue weighted by Crippen LogP contribution is 2.25. The van der Waals surface area contributed by atoms with Crippen LogP contribution in [0.25, 0.3) is 11.1 Å². The lowest BCUT2D eigenvalue weighted by Gasteiger charge is -2.36. The van der Waals surface area contributed by atoms with Gasteiger partial charge in [0.2, 0.25) is 0 Å². The third kappa shape index (κ3) is 5.66. The Morgan fingerprint density at radius 1 is 1.12 bits per heavy atom. The number of ether oxygens (including phenoxy) is 1. The van der Waals surface area contributed by atoms with E-state index in [9.17, 15) is 4.79 Å². The normalized spacial score (nSPS) is 15.4. The molecule has 1 saturated heterocycles. The summed E-state index contributed by atoms with van der Waals surface area (Å²) in [6.07, 6.45) is 3.85. The molecule has 1 aliphatic rings. The van der Waals surface area contributed by atoms with E-state index in [0.29, 0.717) is 0 Å². The van der Waals surface area contributed by atoms with Gasteiger partial charge in [0.05, 0.1) is 18.8 Å². The number of piperazine rings is 1. The molecule has 4 rings (SSSR count). The van der Waals surface area contributed by atoms with E-state index < -0.39 is 0 Å². The summed E-state index contributed by atoms with van der Waals surface area (Å²) < 4.78 is 7.00. The first-order valence-corrected chi connectivity index (χ1v) is 11.9. The van der Waals surface area contributed by atoms with E-state index in [1.165, 1.54) is 0 Å². The molecule has 1 N–H and O–H groups in total. The lowest BCUT2D eigenvalue weighted by molar-refractivity contribution is 0.0939. The van der Waals surface area contributed by atoms with Crippen molar-refractivity contribution in [3.63, 3.8) is 0 Å². The third-order valence-corrected chi connectivity index (χ3v) is 6.59. The molecular formula is C27H35N5O2. The molecule has 2 heterocycles. The van der Waals surface area contributed by atoms with Crippen LogP contribution in [-0.2, 0) is 11.8 Å². The fourth-order valence-electron chi connectivity index (χ4n) is 4.42. The van der Waals surface area contributed by atoms with E-state index in [0.717, 1.165) is 72.8 Å². The largest absolute Gasteiger partial charge is 0.383 e. The number of nitrogens with one attached hydrogen (secondary N) is 1. The zero-order valence-electron chi connectivity index (χ0n) is 20.6. The van der Waals surface area contributed by atoms with Crippen LogP contribution in [0.15, 0.2) is 54.9 Å². The molecule has 1 amide bonds. The summed E-state index contributed by atoms with van der Waals surface area (Å²) in [6, 6.07) is 14.4. The summed E-state index contributed by atoms with van der Waals surface area (Å²) in [5.74, 6) is -0.0441. The molecule has 0 aliphatic carbocycles. The number of aromatic nitrogens is 2. The molecule has 0 radical (unpaired) electrons. The van der Waals surface area contributed by atoms with E-state index in [1.54, 1.807) is 11.8 Å². The fourth-order valence-corrected chi connectivity index (χ4v) is 4.42. The van der Waals surface area contributed by atoms with E-state index in [2.05, 4.69) is 50.5 Å². The highest BCUT2D eigenvalue weighted by molar-refractivity contribution is 5.96. The van der Waals surface area contributed by atoms with Gasteiger partial charge < -0.3 is 15.0 Å². The van der Waals surface area contributed by atoms with Gasteiger partial charge in [0, 0.05) is 69.9 Å². The highest BCUT2D eigenvalue weighted by atomic mass is 16.5. The van der Waals surface area contributed by atoms with Crippen LogP contribution >= 0.6 is 0 Å². The summed E-state index contributed by atoms with van der Waals surface area (Å²) in [5, 5.41) is 7.46. The first-order valence-electron chi connectivity index (χ1n) is 11.9. The van der Waals surface area contributed by atoms with Gasteiger partial charge in [0.15, 0.2) is 0 Å². The Hall–Kier alpha value is -3.16. The van der Waals surface area contributed by atoms with Crippen molar-refractivity contribution in [2.45, 2.75) is 19.9 Å². The quantitative estimate of drug-likeness (QED) is 0.555. The Morgan fingerprint density at radius 2 is 1.91 bits per heavy atom. The van der Waals surface area contributed by atoms with Gasteiger partial charge in [-0.1, -0.05) is 24.3 Å². The summed E-state index contributed by atoms with van der Waals surface area (Å²) in [7, 11) is 3.65. The van der Waals surface area contributed by atoms with Crippen LogP contribution in [0.5, 0.6) is 0 Å². The van der Waals surface area contributed by atoms with Crippen LogP contribution < -0.4 is 10.2 Å². The predicted molar refractivity (Wildman–Crippen MR) is 136 cm³/mol. The van der Waals surface area contributed by atoms with Crippen molar-refractivity contribution < 1.29 is 9.53 Å². The van der Waals surface area contributed by atoms with E-state index in [4.69, 9.17) is 4.74 Å². The maximum atomic E-state index is 13.2. The molecule has 2 aromatic carbocycles. The summed E-state index contributed by atoms with van der Waals surface area (Å²) in [5.41, 5.74) is 6.04. The molecular weight excluding hydrogens is 426 g/mol. The molecule has 1 unspecified atom stereocenters. The number of carbonyl (C=O) groups excluding carboxylic acids is 1. The molecule has 0 saturated carbocycles. The number of rotatable bonds is 8. The second-order valence-corrected chi connectivity index (χ2v) is 9.04. The van der Waals surface area contributed by atoms with Crippen LogP contribution in [0.4, 0.5) is 5.69 Å². The highest BCUT2D eigenvalue weighted by Gasteiger charge is 2.20. The molecule has 7 heteroatoms. The van der Waals surface area contributed by atoms with Crippen molar-refractivity contribution in [1.29, 1.82) is 0 Å². The average molecular weight is 462 g/mol. The average Bonchev–Trinajstić information content (AvgIpc) is 3.29. The second kappa shape index (κ2) is 10.8. The second-order valence-electron chi connectivity index (χ2n) is 9.04. The number of anilines is 1. The van der Waals surface area contributed by atoms with Crippen molar-refractivity contribution in [3.8, 4) is 11.1 Å². The van der Waals surface area contributed by atoms with Crippen LogP contribution in [0.1, 0.15) is 34.5 Å². The van der Waals surface area contributed by atoms with E-state index >= 15 is 0 Å². The first-order chi connectivity index (χ1) is 16.4. The number of benzene rings is 2. The van der Waals surface area contributed by atoms with Crippen molar-refractivity contribution >= 4 is 11.6 Å². The minimum Gasteiger partial charge on any atom is -0.383 e. The molecule has 7 nitrogen and oxygen atoms in total. The van der Waals surface area contributed by atoms with Gasteiger partial charge in [0.1, 0.15) is 0 Å².